The molecule has 1 amide bonds. The van der Waals surface area contributed by atoms with Gasteiger partial charge in [0.25, 0.3) is 11.6 Å². The Morgan fingerprint density at radius 2 is 1.83 bits per heavy atom. The number of nitro groups is 1. The average Bonchev–Trinajstić information content (AvgIpc) is 2.91. The zero-order valence-corrected chi connectivity index (χ0v) is 12.4. The van der Waals surface area contributed by atoms with E-state index >= 15 is 0 Å². The smallest absolute Gasteiger partial charge is 0.275 e. The lowest BCUT2D eigenvalue weighted by Crippen LogP contribution is -2.24. The summed E-state index contributed by atoms with van der Waals surface area (Å²) < 4.78 is 0. The fraction of sp³-hybridized carbons (Fsp3) is 0. The van der Waals surface area contributed by atoms with Gasteiger partial charge >= 0.3 is 0 Å². The molecule has 1 heterocycles. The predicted molar refractivity (Wildman–Crippen MR) is 87.2 cm³/mol. The summed E-state index contributed by atoms with van der Waals surface area (Å²) in [4.78, 5) is 26.4. The van der Waals surface area contributed by atoms with E-state index in [4.69, 9.17) is 11.6 Å². The third-order valence-corrected chi connectivity index (χ3v) is 3.59. The van der Waals surface area contributed by atoms with Crippen LogP contribution in [0.3, 0.4) is 0 Å². The average molecular weight is 328 g/mol. The van der Waals surface area contributed by atoms with Crippen molar-refractivity contribution < 1.29 is 9.72 Å². The van der Waals surface area contributed by atoms with Crippen molar-refractivity contribution in [3.8, 4) is 0 Å². The Hall–Kier alpha value is -2.99. The molecule has 0 fully saturated rings. The summed E-state index contributed by atoms with van der Waals surface area (Å²) in [7, 11) is 0. The van der Waals surface area contributed by atoms with Gasteiger partial charge in [-0.25, -0.2) is 4.99 Å². The Labute approximate surface area is 136 Å². The number of nitro benzene ring substituents is 1. The van der Waals surface area contributed by atoms with Crippen LogP contribution in [-0.2, 0) is 4.79 Å². The molecule has 7 heteroatoms. The molecule has 1 aliphatic rings. The highest BCUT2D eigenvalue weighted by molar-refractivity contribution is 6.32. The highest BCUT2D eigenvalue weighted by Crippen LogP contribution is 2.21. The number of carbonyl (C=O) groups excluding carboxylic acids is 1. The largest absolute Gasteiger partial charge is 0.305 e. The van der Waals surface area contributed by atoms with Crippen molar-refractivity contribution in [2.45, 2.75) is 0 Å². The Bertz CT molecular complexity index is 857. The molecule has 2 aromatic carbocycles. The Kier molecular flexibility index (Phi) is 3.91. The lowest BCUT2D eigenvalue weighted by molar-refractivity contribution is -0.384. The molecular weight excluding hydrogens is 318 g/mol. The Balaban J connectivity index is 1.92. The Morgan fingerprint density at radius 3 is 2.48 bits per heavy atom. The number of benzene rings is 2. The van der Waals surface area contributed by atoms with E-state index in [1.54, 1.807) is 24.3 Å². The van der Waals surface area contributed by atoms with E-state index in [1.807, 2.05) is 6.07 Å². The van der Waals surface area contributed by atoms with E-state index in [2.05, 4.69) is 10.3 Å². The fourth-order valence-electron chi connectivity index (χ4n) is 2.09. The van der Waals surface area contributed by atoms with Crippen LogP contribution in [0.25, 0.3) is 6.08 Å². The number of carbonyl (C=O) groups is 1. The van der Waals surface area contributed by atoms with Crippen LogP contribution in [-0.4, -0.2) is 16.7 Å². The molecule has 1 N–H and O–H groups in total. The number of nitrogens with one attached hydrogen (secondary N) is 1. The van der Waals surface area contributed by atoms with Gasteiger partial charge in [0, 0.05) is 22.7 Å². The summed E-state index contributed by atoms with van der Waals surface area (Å²) in [5.41, 5.74) is 1.48. The lowest BCUT2D eigenvalue weighted by atomic mass is 10.2. The van der Waals surface area contributed by atoms with Crippen LogP contribution in [0, 0.1) is 10.1 Å². The van der Waals surface area contributed by atoms with Gasteiger partial charge in [0.2, 0.25) is 0 Å². The van der Waals surface area contributed by atoms with Crippen molar-refractivity contribution in [3.05, 3.63) is 80.5 Å². The molecule has 0 saturated carbocycles. The lowest BCUT2D eigenvalue weighted by Gasteiger charge is -1.99. The van der Waals surface area contributed by atoms with Gasteiger partial charge < -0.3 is 5.32 Å². The van der Waals surface area contributed by atoms with Crippen LogP contribution in [0.15, 0.2) is 59.2 Å². The van der Waals surface area contributed by atoms with Gasteiger partial charge in [0.15, 0.2) is 0 Å². The first kappa shape index (κ1) is 14.9. The predicted octanol–water partition coefficient (Wildman–Crippen LogP) is 3.17. The fourth-order valence-corrected chi connectivity index (χ4v) is 2.28. The van der Waals surface area contributed by atoms with E-state index in [-0.39, 0.29) is 17.3 Å². The van der Waals surface area contributed by atoms with Crippen LogP contribution in [0.5, 0.6) is 0 Å². The van der Waals surface area contributed by atoms with E-state index in [1.165, 1.54) is 24.3 Å². The van der Waals surface area contributed by atoms with Gasteiger partial charge in [-0.15, -0.1) is 0 Å². The number of halogens is 1. The number of aliphatic imine (C=N–C) groups is 1. The van der Waals surface area contributed by atoms with Crippen LogP contribution in [0.1, 0.15) is 11.1 Å². The number of nitrogens with zero attached hydrogens (tertiary/aromatic N) is 2. The van der Waals surface area contributed by atoms with E-state index in [0.29, 0.717) is 22.0 Å². The SMILES string of the molecule is O=C1NC(c2ccc([N+](=O)[O-])cc2)=N/C1=C/c1ccccc1Cl. The quantitative estimate of drug-likeness (QED) is 0.534. The first-order valence-electron chi connectivity index (χ1n) is 6.66. The van der Waals surface area contributed by atoms with Gasteiger partial charge in [-0.1, -0.05) is 29.8 Å². The maximum atomic E-state index is 12.0. The maximum Gasteiger partial charge on any atom is 0.275 e. The van der Waals surface area contributed by atoms with Gasteiger partial charge in [-0.2, -0.15) is 0 Å². The third kappa shape index (κ3) is 3.12. The summed E-state index contributed by atoms with van der Waals surface area (Å²) in [6.07, 6.45) is 1.59. The van der Waals surface area contributed by atoms with Crippen molar-refractivity contribution in [1.29, 1.82) is 0 Å². The molecule has 0 atom stereocenters. The van der Waals surface area contributed by atoms with Gasteiger partial charge in [0.1, 0.15) is 11.5 Å². The second kappa shape index (κ2) is 6.02. The molecule has 6 nitrogen and oxygen atoms in total. The minimum Gasteiger partial charge on any atom is -0.305 e. The van der Waals surface area contributed by atoms with E-state index in [0.717, 1.165) is 0 Å². The summed E-state index contributed by atoms with van der Waals surface area (Å²) in [6, 6.07) is 12.9. The van der Waals surface area contributed by atoms with Crippen LogP contribution in [0.2, 0.25) is 5.02 Å². The topological polar surface area (TPSA) is 84.6 Å². The van der Waals surface area contributed by atoms with Crippen molar-refractivity contribution in [3.63, 3.8) is 0 Å². The summed E-state index contributed by atoms with van der Waals surface area (Å²) in [6.45, 7) is 0. The number of hydrogen-bond acceptors (Lipinski definition) is 4. The van der Waals surface area contributed by atoms with Crippen LogP contribution in [0.4, 0.5) is 5.69 Å². The number of amidine groups is 1. The molecule has 0 spiro atoms. The first-order valence-corrected chi connectivity index (χ1v) is 7.03. The van der Waals surface area contributed by atoms with Gasteiger partial charge in [-0.3, -0.25) is 14.9 Å². The molecule has 23 heavy (non-hydrogen) atoms. The van der Waals surface area contributed by atoms with Gasteiger partial charge in [-0.05, 0) is 29.8 Å². The highest BCUT2D eigenvalue weighted by Gasteiger charge is 2.21. The van der Waals surface area contributed by atoms with E-state index in [9.17, 15) is 14.9 Å². The van der Waals surface area contributed by atoms with Crippen molar-refractivity contribution >= 4 is 35.1 Å². The van der Waals surface area contributed by atoms with Crippen molar-refractivity contribution in [1.82, 2.24) is 5.32 Å². The van der Waals surface area contributed by atoms with E-state index < -0.39 is 4.92 Å². The molecular formula is C16H10ClN3O3. The molecule has 0 unspecified atom stereocenters. The highest BCUT2D eigenvalue weighted by atomic mass is 35.5. The second-order valence-corrected chi connectivity index (χ2v) is 5.18. The summed E-state index contributed by atoms with van der Waals surface area (Å²) >= 11 is 6.06. The molecule has 0 aliphatic carbocycles. The molecule has 0 radical (unpaired) electrons. The number of rotatable bonds is 3. The van der Waals surface area contributed by atoms with Gasteiger partial charge in [0.05, 0.1) is 4.92 Å². The molecule has 2 aromatic rings. The molecule has 114 valence electrons. The number of hydrogen-bond donors (Lipinski definition) is 1. The normalized spacial score (nSPS) is 15.4. The zero-order valence-electron chi connectivity index (χ0n) is 11.7. The van der Waals surface area contributed by atoms with Crippen LogP contribution >= 0.6 is 11.6 Å². The second-order valence-electron chi connectivity index (χ2n) is 4.77. The number of non-ortho nitro benzene ring substituents is 1. The molecule has 0 saturated heterocycles. The standard InChI is InChI=1S/C16H10ClN3O3/c17-13-4-2-1-3-11(13)9-14-16(21)19-15(18-14)10-5-7-12(8-6-10)20(22)23/h1-9H,(H,18,19,21)/b14-9+. The number of amides is 1. The first-order chi connectivity index (χ1) is 11.0. The molecule has 3 rings (SSSR count). The molecule has 0 bridgehead atoms. The van der Waals surface area contributed by atoms with Crippen molar-refractivity contribution in [2.24, 2.45) is 4.99 Å². The van der Waals surface area contributed by atoms with Crippen molar-refractivity contribution in [2.75, 3.05) is 0 Å². The van der Waals surface area contributed by atoms with Crippen LogP contribution < -0.4 is 5.32 Å². The summed E-state index contributed by atoms with van der Waals surface area (Å²) in [5, 5.41) is 13.8. The zero-order chi connectivity index (χ0) is 16.4. The molecule has 1 aliphatic heterocycles. The Morgan fingerprint density at radius 1 is 1.13 bits per heavy atom. The minimum atomic E-state index is -0.485. The third-order valence-electron chi connectivity index (χ3n) is 3.25. The summed E-state index contributed by atoms with van der Waals surface area (Å²) in [5.74, 6) is 0.00136. The maximum absolute atomic E-state index is 12.0. The monoisotopic (exact) mass is 327 g/mol. The molecule has 0 aromatic heterocycles. The minimum absolute atomic E-state index is 0.0227.